The summed E-state index contributed by atoms with van der Waals surface area (Å²) >= 11 is 5.92. The van der Waals surface area contributed by atoms with Gasteiger partial charge in [0, 0.05) is 32.9 Å². The van der Waals surface area contributed by atoms with Crippen LogP contribution in [-0.2, 0) is 0 Å². The molecule has 0 saturated heterocycles. The molecule has 0 atom stereocenters. The summed E-state index contributed by atoms with van der Waals surface area (Å²) < 4.78 is 0. The summed E-state index contributed by atoms with van der Waals surface area (Å²) in [7, 11) is 0. The molecule has 0 aliphatic heterocycles. The topological polar surface area (TPSA) is 86.9 Å². The van der Waals surface area contributed by atoms with Crippen LogP contribution in [-0.4, -0.2) is 27.3 Å². The van der Waals surface area contributed by atoms with E-state index in [2.05, 4.69) is 15.6 Å². The van der Waals surface area contributed by atoms with Crippen molar-refractivity contribution in [3.05, 3.63) is 82.9 Å². The zero-order valence-corrected chi connectivity index (χ0v) is 21.7. The summed E-state index contributed by atoms with van der Waals surface area (Å²) in [4.78, 5) is 34.0. The van der Waals surface area contributed by atoms with E-state index >= 15 is 0 Å². The predicted octanol–water partition coefficient (Wildman–Crippen LogP) is 6.83. The predicted molar refractivity (Wildman–Crippen MR) is 149 cm³/mol. The van der Waals surface area contributed by atoms with Gasteiger partial charge < -0.3 is 15.6 Å². The minimum absolute atomic E-state index is 0.00875. The normalized spacial score (nSPS) is 25.4. The number of amides is 2. The monoisotopic (exact) mass is 524 g/mol. The Hall–Kier alpha value is -3.64. The third-order valence-corrected chi connectivity index (χ3v) is 8.94. The van der Waals surface area contributed by atoms with E-state index in [0.717, 1.165) is 53.6 Å². The molecule has 3 aromatic carbocycles. The molecule has 3 N–H and O–H groups in total. The zero-order chi connectivity index (χ0) is 25.9. The quantitative estimate of drug-likeness (QED) is 0.267. The summed E-state index contributed by atoms with van der Waals surface area (Å²) in [6.45, 7) is 0. The molecule has 4 aliphatic carbocycles. The number of carbonyl (C=O) groups excluding carboxylic acids is 2. The SMILES string of the molecule is O=C(Nc1ccc(Cl)cc1)c1ccc(-c2nc3cc(C(=O)NC45CC6CC(CC(C6)C4)C5)ccc3[nH]2)cc1. The highest BCUT2D eigenvalue weighted by atomic mass is 35.5. The molecule has 0 radical (unpaired) electrons. The Bertz CT molecular complexity index is 1510. The number of halogens is 1. The molecule has 0 spiro atoms. The van der Waals surface area contributed by atoms with Gasteiger partial charge in [0.2, 0.25) is 0 Å². The van der Waals surface area contributed by atoms with Crippen LogP contribution in [0.25, 0.3) is 22.4 Å². The van der Waals surface area contributed by atoms with E-state index in [9.17, 15) is 9.59 Å². The molecule has 38 heavy (non-hydrogen) atoms. The Morgan fingerprint density at radius 1 is 0.816 bits per heavy atom. The van der Waals surface area contributed by atoms with E-state index in [1.54, 1.807) is 36.4 Å². The first-order valence-corrected chi connectivity index (χ1v) is 13.8. The third-order valence-electron chi connectivity index (χ3n) is 8.68. The van der Waals surface area contributed by atoms with E-state index in [-0.39, 0.29) is 17.4 Å². The lowest BCUT2D eigenvalue weighted by Crippen LogP contribution is -2.59. The van der Waals surface area contributed by atoms with Gasteiger partial charge in [-0.1, -0.05) is 23.7 Å². The van der Waals surface area contributed by atoms with Crippen molar-refractivity contribution >= 4 is 40.1 Å². The molecule has 6 nitrogen and oxygen atoms in total. The van der Waals surface area contributed by atoms with E-state index in [0.29, 0.717) is 27.7 Å². The fourth-order valence-electron chi connectivity index (χ4n) is 7.38. The highest BCUT2D eigenvalue weighted by Crippen LogP contribution is 2.55. The molecule has 7 heteroatoms. The van der Waals surface area contributed by atoms with Crippen LogP contribution in [0.1, 0.15) is 59.2 Å². The van der Waals surface area contributed by atoms with Crippen LogP contribution < -0.4 is 10.6 Å². The molecule has 4 aliphatic rings. The summed E-state index contributed by atoms with van der Waals surface area (Å²) in [5.74, 6) is 2.87. The number of nitrogens with one attached hydrogen (secondary N) is 3. The zero-order valence-electron chi connectivity index (χ0n) is 21.0. The van der Waals surface area contributed by atoms with Crippen LogP contribution in [0.2, 0.25) is 5.02 Å². The van der Waals surface area contributed by atoms with Gasteiger partial charge >= 0.3 is 0 Å². The molecule has 4 fully saturated rings. The minimum Gasteiger partial charge on any atom is -0.347 e. The Balaban J connectivity index is 1.06. The summed E-state index contributed by atoms with van der Waals surface area (Å²) in [5, 5.41) is 6.95. The summed E-state index contributed by atoms with van der Waals surface area (Å²) in [6.07, 6.45) is 7.45. The minimum atomic E-state index is -0.196. The maximum atomic E-state index is 13.3. The number of anilines is 1. The highest BCUT2D eigenvalue weighted by molar-refractivity contribution is 6.30. The van der Waals surface area contributed by atoms with E-state index < -0.39 is 0 Å². The third kappa shape index (κ3) is 4.37. The number of rotatable bonds is 5. The molecular formula is C31H29ClN4O2. The van der Waals surface area contributed by atoms with Crippen LogP contribution >= 0.6 is 11.6 Å². The van der Waals surface area contributed by atoms with Gasteiger partial charge in [0.25, 0.3) is 11.8 Å². The largest absolute Gasteiger partial charge is 0.347 e. The first-order chi connectivity index (χ1) is 18.4. The molecule has 192 valence electrons. The average molecular weight is 525 g/mol. The number of fused-ring (bicyclic) bond motifs is 1. The van der Waals surface area contributed by atoms with Crippen LogP contribution in [0.15, 0.2) is 66.7 Å². The Labute approximate surface area is 226 Å². The van der Waals surface area contributed by atoms with Gasteiger partial charge in [-0.05, 0) is 111 Å². The van der Waals surface area contributed by atoms with Crippen molar-refractivity contribution in [2.75, 3.05) is 5.32 Å². The first-order valence-electron chi connectivity index (χ1n) is 13.4. The second-order valence-electron chi connectivity index (χ2n) is 11.5. The fourth-order valence-corrected chi connectivity index (χ4v) is 7.50. The molecule has 1 heterocycles. The second-order valence-corrected chi connectivity index (χ2v) is 11.9. The van der Waals surface area contributed by atoms with Crippen molar-refractivity contribution in [3.63, 3.8) is 0 Å². The standard InChI is InChI=1S/C31H29ClN4O2/c32-24-6-8-25(9-7-24)33-29(37)22-3-1-21(2-4-22)28-34-26-10-5-23(14-27(26)35-28)30(38)36-31-15-18-11-19(16-31)13-20(12-18)17-31/h1-10,14,18-20H,11-13,15-17H2,(H,33,37)(H,34,35)(H,36,38). The van der Waals surface area contributed by atoms with Crippen molar-refractivity contribution in [1.82, 2.24) is 15.3 Å². The van der Waals surface area contributed by atoms with Gasteiger partial charge in [-0.2, -0.15) is 0 Å². The lowest BCUT2D eigenvalue weighted by Gasteiger charge is -2.56. The van der Waals surface area contributed by atoms with Crippen LogP contribution in [0.4, 0.5) is 5.69 Å². The van der Waals surface area contributed by atoms with Crippen molar-refractivity contribution in [2.45, 2.75) is 44.1 Å². The number of H-pyrrole nitrogens is 1. The number of imidazole rings is 1. The van der Waals surface area contributed by atoms with Crippen molar-refractivity contribution in [2.24, 2.45) is 17.8 Å². The van der Waals surface area contributed by atoms with Gasteiger partial charge in [-0.15, -0.1) is 0 Å². The number of hydrogen-bond donors (Lipinski definition) is 3. The van der Waals surface area contributed by atoms with Gasteiger partial charge in [0.05, 0.1) is 11.0 Å². The van der Waals surface area contributed by atoms with Gasteiger partial charge in [0.1, 0.15) is 5.82 Å². The van der Waals surface area contributed by atoms with Gasteiger partial charge in [-0.3, -0.25) is 9.59 Å². The number of carbonyl (C=O) groups is 2. The molecule has 4 aromatic rings. The van der Waals surface area contributed by atoms with E-state index in [1.807, 2.05) is 30.3 Å². The molecule has 2 amide bonds. The number of aromatic nitrogens is 2. The summed E-state index contributed by atoms with van der Waals surface area (Å²) in [5.41, 5.74) is 4.36. The van der Waals surface area contributed by atoms with Crippen LogP contribution in [0, 0.1) is 17.8 Å². The highest BCUT2D eigenvalue weighted by Gasteiger charge is 2.51. The number of nitrogens with zero attached hydrogens (tertiary/aromatic N) is 1. The smallest absolute Gasteiger partial charge is 0.255 e. The number of aromatic amines is 1. The number of benzene rings is 3. The van der Waals surface area contributed by atoms with Crippen molar-refractivity contribution < 1.29 is 9.59 Å². The van der Waals surface area contributed by atoms with E-state index in [4.69, 9.17) is 16.6 Å². The van der Waals surface area contributed by atoms with Crippen molar-refractivity contribution in [3.8, 4) is 11.4 Å². The molecule has 4 saturated carbocycles. The van der Waals surface area contributed by atoms with Crippen LogP contribution in [0.5, 0.6) is 0 Å². The van der Waals surface area contributed by atoms with Gasteiger partial charge in [0.15, 0.2) is 0 Å². The Kier molecular flexibility index (Phi) is 5.55. The molecule has 4 bridgehead atoms. The Morgan fingerprint density at radius 2 is 1.45 bits per heavy atom. The maximum absolute atomic E-state index is 13.3. The Morgan fingerprint density at radius 3 is 2.11 bits per heavy atom. The first kappa shape index (κ1) is 23.5. The second kappa shape index (κ2) is 8.98. The van der Waals surface area contributed by atoms with E-state index in [1.165, 1.54) is 19.3 Å². The molecule has 1 aromatic heterocycles. The molecule has 8 rings (SSSR count). The maximum Gasteiger partial charge on any atom is 0.255 e. The molecule has 0 unspecified atom stereocenters. The van der Waals surface area contributed by atoms with Crippen molar-refractivity contribution in [1.29, 1.82) is 0 Å². The van der Waals surface area contributed by atoms with Gasteiger partial charge in [-0.25, -0.2) is 4.98 Å². The summed E-state index contributed by atoms with van der Waals surface area (Å²) in [6, 6.07) is 20.0. The van der Waals surface area contributed by atoms with Crippen LogP contribution in [0.3, 0.4) is 0 Å². The number of hydrogen-bond acceptors (Lipinski definition) is 3. The lowest BCUT2D eigenvalue weighted by molar-refractivity contribution is -0.0167. The molecular weight excluding hydrogens is 496 g/mol. The average Bonchev–Trinajstić information content (AvgIpc) is 3.32. The lowest BCUT2D eigenvalue weighted by atomic mass is 9.53. The fraction of sp³-hybridized carbons (Fsp3) is 0.323.